The summed E-state index contributed by atoms with van der Waals surface area (Å²) in [5.74, 6) is 0.456. The maximum absolute atomic E-state index is 12.7. The lowest BCUT2D eigenvalue weighted by Crippen LogP contribution is -2.31. The van der Waals surface area contributed by atoms with E-state index < -0.39 is 6.43 Å². The van der Waals surface area contributed by atoms with E-state index in [9.17, 15) is 13.6 Å². The van der Waals surface area contributed by atoms with Gasteiger partial charge in [0.1, 0.15) is 18.1 Å². The van der Waals surface area contributed by atoms with E-state index in [0.29, 0.717) is 11.4 Å². The minimum absolute atomic E-state index is 0.0154. The number of likely N-dealkylation sites (tertiary alicyclic amines) is 1. The molecule has 0 aromatic carbocycles. The van der Waals surface area contributed by atoms with E-state index in [4.69, 9.17) is 0 Å². The third kappa shape index (κ3) is 2.37. The van der Waals surface area contributed by atoms with E-state index in [1.807, 2.05) is 4.90 Å². The van der Waals surface area contributed by atoms with Crippen molar-refractivity contribution < 1.29 is 13.6 Å². The van der Waals surface area contributed by atoms with Crippen molar-refractivity contribution in [2.24, 2.45) is 0 Å². The van der Waals surface area contributed by atoms with Crippen LogP contribution in [0.1, 0.15) is 25.0 Å². The molecular formula is C14H15F2N3O. The normalized spacial score (nSPS) is 15.4. The lowest BCUT2D eigenvalue weighted by Gasteiger charge is -2.17. The minimum atomic E-state index is -2.59. The van der Waals surface area contributed by atoms with Crippen LogP contribution in [0.3, 0.4) is 0 Å². The summed E-state index contributed by atoms with van der Waals surface area (Å²) in [6.45, 7) is 1.72. The Morgan fingerprint density at radius 1 is 1.35 bits per heavy atom. The molecular weight excluding hydrogens is 264 g/mol. The van der Waals surface area contributed by atoms with Gasteiger partial charge in [-0.25, -0.2) is 13.8 Å². The molecule has 1 fully saturated rings. The number of pyridine rings is 1. The molecule has 3 heterocycles. The number of halogens is 2. The zero-order chi connectivity index (χ0) is 14.1. The van der Waals surface area contributed by atoms with Gasteiger partial charge in [-0.15, -0.1) is 0 Å². The summed E-state index contributed by atoms with van der Waals surface area (Å²) in [7, 11) is 0. The quantitative estimate of drug-likeness (QED) is 0.866. The van der Waals surface area contributed by atoms with E-state index in [1.165, 1.54) is 6.07 Å². The van der Waals surface area contributed by atoms with Crippen molar-refractivity contribution in [3.63, 3.8) is 0 Å². The summed E-state index contributed by atoms with van der Waals surface area (Å²) in [5, 5.41) is 0. The highest BCUT2D eigenvalue weighted by molar-refractivity contribution is 5.77. The molecule has 0 atom stereocenters. The van der Waals surface area contributed by atoms with Gasteiger partial charge in [0.15, 0.2) is 0 Å². The Kier molecular flexibility index (Phi) is 3.38. The molecule has 1 saturated heterocycles. The third-order valence-corrected chi connectivity index (χ3v) is 3.60. The summed E-state index contributed by atoms with van der Waals surface area (Å²) in [5.41, 5.74) is 0.394. The van der Waals surface area contributed by atoms with Crippen molar-refractivity contribution in [2.75, 3.05) is 13.1 Å². The van der Waals surface area contributed by atoms with Gasteiger partial charge in [0.25, 0.3) is 6.43 Å². The van der Waals surface area contributed by atoms with Gasteiger partial charge < -0.3 is 9.47 Å². The van der Waals surface area contributed by atoms with Crippen LogP contribution in [0.4, 0.5) is 8.78 Å². The summed E-state index contributed by atoms with van der Waals surface area (Å²) >= 11 is 0. The lowest BCUT2D eigenvalue weighted by molar-refractivity contribution is -0.130. The number of fused-ring (bicyclic) bond motifs is 1. The molecule has 106 valence electrons. The van der Waals surface area contributed by atoms with Crippen LogP contribution in [-0.2, 0) is 11.3 Å². The van der Waals surface area contributed by atoms with Crippen molar-refractivity contribution in [2.45, 2.75) is 25.8 Å². The molecule has 3 aliphatic heterocycles. The molecule has 6 heteroatoms. The van der Waals surface area contributed by atoms with Crippen molar-refractivity contribution in [3.8, 4) is 11.4 Å². The van der Waals surface area contributed by atoms with Gasteiger partial charge in [0, 0.05) is 24.8 Å². The Morgan fingerprint density at radius 3 is 2.80 bits per heavy atom. The lowest BCUT2D eigenvalue weighted by atomic mass is 10.2. The molecule has 0 bridgehead atoms. The van der Waals surface area contributed by atoms with Gasteiger partial charge in [0.05, 0.1) is 0 Å². The summed E-state index contributed by atoms with van der Waals surface area (Å²) in [6.07, 6.45) is 1.18. The molecule has 0 unspecified atom stereocenters. The third-order valence-electron chi connectivity index (χ3n) is 3.60. The van der Waals surface area contributed by atoms with Crippen LogP contribution in [0.15, 0.2) is 24.4 Å². The topological polar surface area (TPSA) is 38.1 Å². The second-order valence-electron chi connectivity index (χ2n) is 4.98. The van der Waals surface area contributed by atoms with Gasteiger partial charge in [-0.05, 0) is 31.0 Å². The highest BCUT2D eigenvalue weighted by Crippen LogP contribution is 2.27. The molecule has 20 heavy (non-hydrogen) atoms. The predicted octanol–water partition coefficient (Wildman–Crippen LogP) is 2.55. The van der Waals surface area contributed by atoms with Crippen molar-refractivity contribution in [1.29, 1.82) is 0 Å². The highest BCUT2D eigenvalue weighted by atomic mass is 19.3. The first-order valence-electron chi connectivity index (χ1n) is 6.67. The second-order valence-corrected chi connectivity index (χ2v) is 4.98. The number of carbonyl (C=O) groups excluding carboxylic acids is 1. The van der Waals surface area contributed by atoms with Crippen LogP contribution in [0.5, 0.6) is 0 Å². The summed E-state index contributed by atoms with van der Waals surface area (Å²) < 4.78 is 27.0. The minimum Gasteiger partial charge on any atom is -0.341 e. The maximum atomic E-state index is 12.7. The SMILES string of the molecule is O=C(Cn1cccc2cc(C(F)F)nc1-2)N1CCCC1. The Balaban J connectivity index is 1.86. The molecule has 0 saturated carbocycles. The fraction of sp³-hybridized carbons (Fsp3) is 0.429. The highest BCUT2D eigenvalue weighted by Gasteiger charge is 2.21. The van der Waals surface area contributed by atoms with Crippen LogP contribution in [0.25, 0.3) is 11.4 Å². The van der Waals surface area contributed by atoms with E-state index in [1.54, 1.807) is 22.9 Å². The number of nitrogens with zero attached hydrogens (tertiary/aromatic N) is 3. The summed E-state index contributed by atoms with van der Waals surface area (Å²) in [6, 6.07) is 4.85. The average molecular weight is 279 g/mol. The Labute approximate surface area is 115 Å². The average Bonchev–Trinajstić information content (AvgIpc) is 3.08. The Bertz CT molecular complexity index is 590. The van der Waals surface area contributed by atoms with Crippen LogP contribution < -0.4 is 0 Å². The number of alkyl halides is 2. The van der Waals surface area contributed by atoms with E-state index in [0.717, 1.165) is 25.9 Å². The van der Waals surface area contributed by atoms with Crippen molar-refractivity contribution in [3.05, 3.63) is 30.1 Å². The summed E-state index contributed by atoms with van der Waals surface area (Å²) in [4.78, 5) is 17.9. The van der Waals surface area contributed by atoms with Gasteiger partial charge >= 0.3 is 0 Å². The molecule has 1 amide bonds. The first-order chi connectivity index (χ1) is 9.65. The zero-order valence-corrected chi connectivity index (χ0v) is 10.9. The van der Waals surface area contributed by atoms with Crippen LogP contribution in [0, 0.1) is 0 Å². The smallest absolute Gasteiger partial charge is 0.280 e. The van der Waals surface area contributed by atoms with Crippen LogP contribution >= 0.6 is 0 Å². The van der Waals surface area contributed by atoms with Crippen molar-refractivity contribution in [1.82, 2.24) is 14.5 Å². The second kappa shape index (κ2) is 5.19. The molecule has 4 nitrogen and oxygen atoms in total. The van der Waals surface area contributed by atoms with Gasteiger partial charge in [-0.1, -0.05) is 0 Å². The number of hydrogen-bond acceptors (Lipinski definition) is 2. The number of rotatable bonds is 3. The molecule has 0 N–H and O–H groups in total. The van der Waals surface area contributed by atoms with Gasteiger partial charge in [-0.3, -0.25) is 4.79 Å². The molecule has 0 aliphatic carbocycles. The molecule has 3 rings (SSSR count). The largest absolute Gasteiger partial charge is 0.341 e. The Hall–Kier alpha value is -1.98. The van der Waals surface area contributed by atoms with Crippen molar-refractivity contribution >= 4 is 5.91 Å². The van der Waals surface area contributed by atoms with Crippen LogP contribution in [0.2, 0.25) is 0 Å². The standard InChI is InChI=1S/C14H15F2N3O/c15-13(16)11-8-10-4-3-7-19(14(10)17-11)9-12(20)18-5-1-2-6-18/h3-4,7-8,13H,1-2,5-6,9H2. The van der Waals surface area contributed by atoms with Gasteiger partial charge in [0.2, 0.25) is 5.91 Å². The fourth-order valence-corrected chi connectivity index (χ4v) is 2.57. The maximum Gasteiger partial charge on any atom is 0.280 e. The number of carbonyl (C=O) groups is 1. The molecule has 0 spiro atoms. The molecule has 0 radical (unpaired) electrons. The first-order valence-corrected chi connectivity index (χ1v) is 6.67. The molecule has 0 aromatic rings. The van der Waals surface area contributed by atoms with Gasteiger partial charge in [-0.2, -0.15) is 0 Å². The van der Waals surface area contributed by atoms with E-state index in [-0.39, 0.29) is 18.1 Å². The first kappa shape index (κ1) is 13.0. The number of amides is 1. The van der Waals surface area contributed by atoms with Crippen LogP contribution in [-0.4, -0.2) is 33.4 Å². The Morgan fingerprint density at radius 2 is 2.10 bits per heavy atom. The molecule has 3 aliphatic rings. The van der Waals surface area contributed by atoms with E-state index >= 15 is 0 Å². The number of aromatic nitrogens is 2. The molecule has 0 aromatic heterocycles. The zero-order valence-electron chi connectivity index (χ0n) is 10.9. The number of hydrogen-bond donors (Lipinski definition) is 0. The fourth-order valence-electron chi connectivity index (χ4n) is 2.57. The monoisotopic (exact) mass is 279 g/mol. The van der Waals surface area contributed by atoms with E-state index in [2.05, 4.69) is 4.98 Å². The predicted molar refractivity (Wildman–Crippen MR) is 69.6 cm³/mol.